The lowest BCUT2D eigenvalue weighted by Gasteiger charge is -2.30. The molecule has 0 radical (unpaired) electrons. The Morgan fingerprint density at radius 1 is 0.488 bits per heavy atom. The van der Waals surface area contributed by atoms with Crippen LogP contribution < -0.4 is 4.90 Å². The van der Waals surface area contributed by atoms with E-state index in [9.17, 15) is 0 Å². The van der Waals surface area contributed by atoms with Crippen molar-refractivity contribution in [3.05, 3.63) is 163 Å². The van der Waals surface area contributed by atoms with Crippen molar-refractivity contribution >= 4 is 70.1 Å². The van der Waals surface area contributed by atoms with E-state index in [1.54, 1.807) is 0 Å². The zero-order chi connectivity index (χ0) is 29.0. The van der Waals surface area contributed by atoms with Crippen molar-refractivity contribution in [3.63, 3.8) is 0 Å². The molecule has 2 heteroatoms. The van der Waals surface area contributed by atoms with Crippen molar-refractivity contribution < 1.29 is 0 Å². The average Bonchev–Trinajstić information content (AvgIpc) is 3.46. The van der Waals surface area contributed by atoms with E-state index in [-0.39, 0.29) is 5.41 Å². The van der Waals surface area contributed by atoms with Crippen LogP contribution in [0.2, 0.25) is 0 Å². The van der Waals surface area contributed by atoms with Gasteiger partial charge in [0.25, 0.3) is 0 Å². The molecule has 8 rings (SSSR count). The van der Waals surface area contributed by atoms with Crippen LogP contribution in [0.1, 0.15) is 25.0 Å². The van der Waals surface area contributed by atoms with E-state index in [1.165, 1.54) is 58.5 Å². The van der Waals surface area contributed by atoms with Crippen LogP contribution in [0.25, 0.3) is 41.7 Å². The second-order valence-electron chi connectivity index (χ2n) is 11.8. The van der Waals surface area contributed by atoms with E-state index in [1.807, 2.05) is 11.3 Å². The molecule has 1 nitrogen and oxygen atoms in total. The fourth-order valence-electron chi connectivity index (χ4n) is 6.59. The van der Waals surface area contributed by atoms with Gasteiger partial charge < -0.3 is 4.90 Å². The summed E-state index contributed by atoms with van der Waals surface area (Å²) in [4.78, 5) is 2.46. The third kappa shape index (κ3) is 4.21. The molecule has 7 aromatic carbocycles. The molecule has 1 aromatic heterocycles. The van der Waals surface area contributed by atoms with E-state index in [4.69, 9.17) is 0 Å². The molecular weight excluding hydrogens is 539 g/mol. The predicted molar refractivity (Wildman–Crippen MR) is 188 cm³/mol. The smallest absolute Gasteiger partial charge is 0.0561 e. The van der Waals surface area contributed by atoms with Crippen LogP contribution >= 0.6 is 11.3 Å². The minimum atomic E-state index is -0.147. The van der Waals surface area contributed by atoms with Gasteiger partial charge in [0, 0.05) is 42.3 Å². The Balaban J connectivity index is 1.45. The normalized spacial score (nSPS) is 12.0. The zero-order valence-electron chi connectivity index (χ0n) is 24.3. The topological polar surface area (TPSA) is 3.24 Å². The molecule has 0 aliphatic heterocycles. The lowest BCUT2D eigenvalue weighted by molar-refractivity contribution is 0.641. The fraction of sp³-hybridized carbons (Fsp3) is 0.0732. The van der Waals surface area contributed by atoms with Crippen LogP contribution in [0.4, 0.5) is 17.1 Å². The van der Waals surface area contributed by atoms with Crippen LogP contribution in [0, 0.1) is 0 Å². The summed E-state index contributed by atoms with van der Waals surface area (Å²) in [7, 11) is 0. The van der Waals surface area contributed by atoms with Crippen LogP contribution in [0.3, 0.4) is 0 Å². The third-order valence-corrected chi connectivity index (χ3v) is 10.1. The van der Waals surface area contributed by atoms with E-state index >= 15 is 0 Å². The Morgan fingerprint density at radius 2 is 1.12 bits per heavy atom. The number of fused-ring (bicyclic) bond motifs is 7. The summed E-state index contributed by atoms with van der Waals surface area (Å²) in [6.45, 7) is 4.64. The van der Waals surface area contributed by atoms with Gasteiger partial charge >= 0.3 is 0 Å². The molecule has 0 amide bonds. The van der Waals surface area contributed by atoms with Crippen LogP contribution in [0.5, 0.6) is 0 Å². The van der Waals surface area contributed by atoms with Gasteiger partial charge in [0.15, 0.2) is 0 Å². The molecule has 0 bridgehead atoms. The van der Waals surface area contributed by atoms with E-state index in [2.05, 4.69) is 170 Å². The first-order chi connectivity index (χ1) is 21.1. The van der Waals surface area contributed by atoms with E-state index in [0.717, 1.165) is 11.4 Å². The molecule has 0 spiro atoms. The van der Waals surface area contributed by atoms with Gasteiger partial charge in [0.1, 0.15) is 0 Å². The third-order valence-electron chi connectivity index (χ3n) is 8.91. The van der Waals surface area contributed by atoms with Crippen molar-refractivity contribution in [1.29, 1.82) is 0 Å². The van der Waals surface area contributed by atoms with Gasteiger partial charge in [0.05, 0.1) is 5.69 Å². The van der Waals surface area contributed by atoms with Crippen LogP contribution in [-0.2, 0) is 5.41 Å². The molecule has 0 atom stereocenters. The maximum atomic E-state index is 2.46. The summed E-state index contributed by atoms with van der Waals surface area (Å²) >= 11 is 1.91. The minimum absolute atomic E-state index is 0.147. The van der Waals surface area contributed by atoms with Crippen molar-refractivity contribution in [3.8, 4) is 0 Å². The summed E-state index contributed by atoms with van der Waals surface area (Å²) < 4.78 is 2.65. The second-order valence-corrected chi connectivity index (χ2v) is 12.8. The van der Waals surface area contributed by atoms with Gasteiger partial charge in [-0.1, -0.05) is 129 Å². The fourth-order valence-corrected chi connectivity index (χ4v) is 7.89. The molecule has 43 heavy (non-hydrogen) atoms. The molecule has 0 aliphatic rings. The Morgan fingerprint density at radius 3 is 1.93 bits per heavy atom. The lowest BCUT2D eigenvalue weighted by atomic mass is 9.78. The Kier molecular flexibility index (Phi) is 6.06. The number of hydrogen-bond acceptors (Lipinski definition) is 2. The highest BCUT2D eigenvalue weighted by molar-refractivity contribution is 7.27. The Bertz CT molecular complexity index is 2260. The minimum Gasteiger partial charge on any atom is -0.310 e. The van der Waals surface area contributed by atoms with Gasteiger partial charge in [-0.05, 0) is 63.7 Å². The van der Waals surface area contributed by atoms with Crippen molar-refractivity contribution in [1.82, 2.24) is 0 Å². The van der Waals surface area contributed by atoms with Crippen LogP contribution in [-0.4, -0.2) is 0 Å². The molecule has 0 saturated heterocycles. The van der Waals surface area contributed by atoms with Crippen molar-refractivity contribution in [2.45, 2.75) is 19.3 Å². The maximum Gasteiger partial charge on any atom is 0.0561 e. The highest BCUT2D eigenvalue weighted by atomic mass is 32.1. The second kappa shape index (κ2) is 10.1. The number of thiophene rings is 1. The van der Waals surface area contributed by atoms with Crippen molar-refractivity contribution in [2.24, 2.45) is 0 Å². The Hall–Kier alpha value is -4.92. The summed E-state index contributed by atoms with van der Waals surface area (Å²) in [6, 6.07) is 55.4. The highest BCUT2D eigenvalue weighted by Crippen LogP contribution is 2.49. The number of rotatable bonds is 5. The number of nitrogens with zero attached hydrogens (tertiary/aromatic N) is 1. The summed E-state index contributed by atoms with van der Waals surface area (Å²) in [5.74, 6) is 0. The van der Waals surface area contributed by atoms with Gasteiger partial charge in [-0.25, -0.2) is 0 Å². The molecule has 0 N–H and O–H groups in total. The van der Waals surface area contributed by atoms with E-state index < -0.39 is 0 Å². The summed E-state index contributed by atoms with van der Waals surface area (Å²) in [5, 5.41) is 7.78. The quantitative estimate of drug-likeness (QED) is 0.186. The summed E-state index contributed by atoms with van der Waals surface area (Å²) in [5.41, 5.74) is 5.96. The molecule has 0 aliphatic carbocycles. The van der Waals surface area contributed by atoms with Crippen molar-refractivity contribution in [2.75, 3.05) is 4.90 Å². The predicted octanol–water partition coefficient (Wildman–Crippen LogP) is 12.2. The number of anilines is 3. The van der Waals surface area contributed by atoms with Gasteiger partial charge in [0.2, 0.25) is 0 Å². The molecule has 0 unspecified atom stereocenters. The monoisotopic (exact) mass is 569 g/mol. The van der Waals surface area contributed by atoms with Gasteiger partial charge in [-0.3, -0.25) is 0 Å². The standard InChI is InChI=1S/C41H31NS/c1-41(2,30-15-5-3-6-16-30)31-17-13-20-33(27-31)42(32-18-7-4-8-19-32)36-26-29-25-24-28-14-9-10-21-34(28)38(29)40-39(36)35-22-11-12-23-37(35)43-40/h3-27H,1-2H3. The first-order valence-corrected chi connectivity index (χ1v) is 15.7. The van der Waals surface area contributed by atoms with Crippen LogP contribution in [0.15, 0.2) is 152 Å². The SMILES string of the molecule is CC(C)(c1ccccc1)c1cccc(N(c2ccccc2)c2cc3ccc4ccccc4c3c3sc4ccccc4c23)c1. The van der Waals surface area contributed by atoms with Gasteiger partial charge in [-0.2, -0.15) is 0 Å². The number of benzene rings is 7. The zero-order valence-corrected chi connectivity index (χ0v) is 25.1. The molecule has 0 fully saturated rings. The largest absolute Gasteiger partial charge is 0.310 e. The molecule has 206 valence electrons. The molecular formula is C41H31NS. The number of hydrogen-bond donors (Lipinski definition) is 0. The van der Waals surface area contributed by atoms with Gasteiger partial charge in [-0.15, -0.1) is 11.3 Å². The van der Waals surface area contributed by atoms with E-state index in [0.29, 0.717) is 0 Å². The number of para-hydroxylation sites is 1. The Labute approximate surface area is 256 Å². The molecule has 0 saturated carbocycles. The average molecular weight is 570 g/mol. The molecule has 8 aromatic rings. The molecule has 1 heterocycles. The lowest BCUT2D eigenvalue weighted by Crippen LogP contribution is -2.19. The summed E-state index contributed by atoms with van der Waals surface area (Å²) in [6.07, 6.45) is 0. The first-order valence-electron chi connectivity index (χ1n) is 14.9. The maximum absolute atomic E-state index is 2.46. The first kappa shape index (κ1) is 25.8. The highest BCUT2D eigenvalue weighted by Gasteiger charge is 2.26.